The van der Waals surface area contributed by atoms with Crippen LogP contribution in [0, 0.1) is 5.82 Å². The second kappa shape index (κ2) is 5.24. The van der Waals surface area contributed by atoms with E-state index in [1.165, 1.54) is 16.4 Å². The second-order valence-corrected chi connectivity index (χ2v) is 6.80. The minimum absolute atomic E-state index is 0.00618. The Morgan fingerprint density at radius 3 is 2.61 bits per heavy atom. The van der Waals surface area contributed by atoms with Gasteiger partial charge in [0.1, 0.15) is 10.7 Å². The lowest BCUT2D eigenvalue weighted by Crippen LogP contribution is -2.36. The van der Waals surface area contributed by atoms with Gasteiger partial charge in [-0.25, -0.2) is 12.8 Å². The normalized spacial score (nSPS) is 16.2. The molecule has 100 valence electrons. The first kappa shape index (κ1) is 13.9. The highest BCUT2D eigenvalue weighted by molar-refractivity contribution is 9.10. The lowest BCUT2D eigenvalue weighted by molar-refractivity contribution is 0.250. The Balaban J connectivity index is 2.46. The number of benzene rings is 1. The van der Waals surface area contributed by atoms with Gasteiger partial charge in [-0.3, -0.25) is 0 Å². The highest BCUT2D eigenvalue weighted by Crippen LogP contribution is 2.35. The number of nitrogens with zero attached hydrogens (tertiary/aromatic N) is 1. The summed E-state index contributed by atoms with van der Waals surface area (Å²) in [5, 5.41) is 8.95. The zero-order chi connectivity index (χ0) is 13.3. The average molecular weight is 338 g/mol. The number of hydrogen-bond acceptors (Lipinski definition) is 3. The lowest BCUT2D eigenvalue weighted by atomic mass is 10.3. The van der Waals surface area contributed by atoms with Crippen LogP contribution in [0.4, 0.5) is 4.39 Å². The molecule has 0 aliphatic heterocycles. The van der Waals surface area contributed by atoms with E-state index in [0.29, 0.717) is 0 Å². The van der Waals surface area contributed by atoms with Crippen molar-refractivity contribution >= 4 is 26.0 Å². The zero-order valence-corrected chi connectivity index (χ0v) is 11.9. The van der Waals surface area contributed by atoms with Crippen LogP contribution >= 0.6 is 15.9 Å². The van der Waals surface area contributed by atoms with Crippen molar-refractivity contribution in [3.8, 4) is 0 Å². The molecule has 0 unspecified atom stereocenters. The van der Waals surface area contributed by atoms with E-state index >= 15 is 0 Å². The smallest absolute Gasteiger partial charge is 0.247 e. The first-order valence-corrected chi connectivity index (χ1v) is 7.78. The predicted octanol–water partition coefficient (Wildman–Crippen LogP) is 1.73. The number of aliphatic hydroxyl groups excluding tert-OH is 1. The third-order valence-corrected chi connectivity index (χ3v) is 5.71. The molecule has 1 aromatic carbocycles. The van der Waals surface area contributed by atoms with Gasteiger partial charge in [0.05, 0.1) is 6.61 Å². The predicted molar refractivity (Wildman–Crippen MR) is 68.1 cm³/mol. The van der Waals surface area contributed by atoms with Gasteiger partial charge in [-0.2, -0.15) is 4.31 Å². The third kappa shape index (κ3) is 2.59. The molecule has 1 saturated carbocycles. The molecular formula is C11H13BrFNO3S. The average Bonchev–Trinajstić information content (AvgIpc) is 3.08. The monoisotopic (exact) mass is 337 g/mol. The molecule has 7 heteroatoms. The first-order chi connectivity index (χ1) is 8.48. The van der Waals surface area contributed by atoms with Gasteiger partial charge >= 0.3 is 0 Å². The summed E-state index contributed by atoms with van der Waals surface area (Å²) in [6, 6.07) is 3.92. The Hall–Kier alpha value is -0.500. The summed E-state index contributed by atoms with van der Waals surface area (Å²) >= 11 is 3.06. The number of hydrogen-bond donors (Lipinski definition) is 1. The van der Waals surface area contributed by atoms with Crippen LogP contribution in [0.2, 0.25) is 0 Å². The summed E-state index contributed by atoms with van der Waals surface area (Å²) in [4.78, 5) is -0.356. The minimum Gasteiger partial charge on any atom is -0.395 e. The second-order valence-electron chi connectivity index (χ2n) is 4.12. The van der Waals surface area contributed by atoms with Crippen LogP contribution in [-0.2, 0) is 10.0 Å². The van der Waals surface area contributed by atoms with E-state index in [9.17, 15) is 12.8 Å². The largest absolute Gasteiger partial charge is 0.395 e. The highest BCUT2D eigenvalue weighted by Gasteiger charge is 2.39. The van der Waals surface area contributed by atoms with E-state index in [0.717, 1.165) is 18.9 Å². The number of halogens is 2. The van der Waals surface area contributed by atoms with Crippen LogP contribution in [0.25, 0.3) is 0 Å². The Bertz CT molecular complexity index is 525. The van der Waals surface area contributed by atoms with Crippen LogP contribution < -0.4 is 0 Å². The Morgan fingerprint density at radius 2 is 2.11 bits per heavy atom. The maximum Gasteiger partial charge on any atom is 0.247 e. The summed E-state index contributed by atoms with van der Waals surface area (Å²) in [7, 11) is -3.91. The van der Waals surface area contributed by atoms with Gasteiger partial charge < -0.3 is 5.11 Å². The Kier molecular flexibility index (Phi) is 4.05. The maximum absolute atomic E-state index is 13.7. The summed E-state index contributed by atoms with van der Waals surface area (Å²) < 4.78 is 39.9. The van der Waals surface area contributed by atoms with Crippen LogP contribution in [0.1, 0.15) is 12.8 Å². The molecule has 1 aromatic rings. The summed E-state index contributed by atoms with van der Waals surface area (Å²) in [5.41, 5.74) is 0. The van der Waals surface area contributed by atoms with Crippen LogP contribution in [0.15, 0.2) is 27.6 Å². The molecular weight excluding hydrogens is 325 g/mol. The van der Waals surface area contributed by atoms with Crippen LogP contribution in [-0.4, -0.2) is 37.0 Å². The molecule has 0 bridgehead atoms. The van der Waals surface area contributed by atoms with Crippen molar-refractivity contribution < 1.29 is 17.9 Å². The minimum atomic E-state index is -3.91. The highest BCUT2D eigenvalue weighted by atomic mass is 79.9. The molecule has 4 nitrogen and oxygen atoms in total. The molecule has 0 saturated heterocycles. The third-order valence-electron chi connectivity index (χ3n) is 2.76. The Morgan fingerprint density at radius 1 is 1.44 bits per heavy atom. The molecule has 2 rings (SSSR count). The van der Waals surface area contributed by atoms with Crippen LogP contribution in [0.5, 0.6) is 0 Å². The lowest BCUT2D eigenvalue weighted by Gasteiger charge is -2.21. The van der Waals surface area contributed by atoms with E-state index in [1.807, 2.05) is 0 Å². The van der Waals surface area contributed by atoms with E-state index in [4.69, 9.17) is 5.11 Å². The molecule has 18 heavy (non-hydrogen) atoms. The van der Waals surface area contributed by atoms with Crippen LogP contribution in [0.3, 0.4) is 0 Å². The number of rotatable bonds is 5. The molecule has 0 heterocycles. The van der Waals surface area contributed by atoms with E-state index in [2.05, 4.69) is 15.9 Å². The van der Waals surface area contributed by atoms with Gasteiger partial charge in [0.15, 0.2) is 0 Å². The van der Waals surface area contributed by atoms with E-state index < -0.39 is 15.8 Å². The van der Waals surface area contributed by atoms with E-state index in [-0.39, 0.29) is 28.6 Å². The zero-order valence-electron chi connectivity index (χ0n) is 9.51. The van der Waals surface area contributed by atoms with Gasteiger partial charge in [-0.15, -0.1) is 0 Å². The van der Waals surface area contributed by atoms with Crippen molar-refractivity contribution in [2.75, 3.05) is 13.2 Å². The van der Waals surface area contributed by atoms with Gasteiger partial charge in [0, 0.05) is 17.1 Å². The topological polar surface area (TPSA) is 57.6 Å². The number of sulfonamides is 1. The maximum atomic E-state index is 13.7. The molecule has 1 N–H and O–H groups in total. The molecule has 0 spiro atoms. The molecule has 1 fully saturated rings. The van der Waals surface area contributed by atoms with Crippen molar-refractivity contribution in [2.24, 2.45) is 0 Å². The molecule has 0 radical (unpaired) electrons. The van der Waals surface area contributed by atoms with Gasteiger partial charge in [-0.1, -0.05) is 6.07 Å². The van der Waals surface area contributed by atoms with Gasteiger partial charge in [-0.05, 0) is 40.9 Å². The summed E-state index contributed by atoms with van der Waals surface area (Å²) in [5.74, 6) is -0.784. The fraction of sp³-hybridized carbons (Fsp3) is 0.455. The summed E-state index contributed by atoms with van der Waals surface area (Å²) in [6.45, 7) is -0.282. The molecule has 0 aromatic heterocycles. The van der Waals surface area contributed by atoms with E-state index in [1.54, 1.807) is 0 Å². The standard InChI is InChI=1S/C11H13BrFNO3S/c12-9-2-1-3-10(13)11(9)18(16,17)14(6-7-15)8-4-5-8/h1-3,8,15H,4-7H2. The number of aliphatic hydroxyl groups is 1. The van der Waals surface area contributed by atoms with Gasteiger partial charge in [0.2, 0.25) is 10.0 Å². The SMILES string of the molecule is O=S(=O)(c1c(F)cccc1Br)N(CCO)C1CC1. The fourth-order valence-electron chi connectivity index (χ4n) is 1.81. The van der Waals surface area contributed by atoms with Gasteiger partial charge in [0.25, 0.3) is 0 Å². The molecule has 0 amide bonds. The van der Waals surface area contributed by atoms with Crippen molar-refractivity contribution in [1.82, 2.24) is 4.31 Å². The molecule has 0 atom stereocenters. The van der Waals surface area contributed by atoms with Crippen molar-refractivity contribution in [3.63, 3.8) is 0 Å². The van der Waals surface area contributed by atoms with Crippen molar-refractivity contribution in [2.45, 2.75) is 23.8 Å². The Labute approximate surface area is 114 Å². The first-order valence-electron chi connectivity index (χ1n) is 5.55. The molecule has 1 aliphatic carbocycles. The molecule has 1 aliphatic rings. The van der Waals surface area contributed by atoms with Crippen molar-refractivity contribution in [3.05, 3.63) is 28.5 Å². The van der Waals surface area contributed by atoms with Crippen molar-refractivity contribution in [1.29, 1.82) is 0 Å². The summed E-state index contributed by atoms with van der Waals surface area (Å²) in [6.07, 6.45) is 1.51. The quantitative estimate of drug-likeness (QED) is 0.890. The fourth-order valence-corrected chi connectivity index (χ4v) is 4.55.